The van der Waals surface area contributed by atoms with Gasteiger partial charge < -0.3 is 5.11 Å². The number of terminal acetylenes is 1. The molecule has 1 rings (SSSR count). The largest absolute Gasteiger partial charge is 0.481 e. The van der Waals surface area contributed by atoms with Gasteiger partial charge in [0.25, 0.3) is 0 Å². The maximum atomic E-state index is 10.7. The molecular weight excluding hydrogens is 202 g/mol. The van der Waals surface area contributed by atoms with Crippen molar-refractivity contribution in [3.05, 3.63) is 0 Å². The maximum Gasteiger partial charge on any atom is 0.303 e. The molecule has 0 aliphatic heterocycles. The Kier molecular flexibility index (Phi) is 5.34. The van der Waals surface area contributed by atoms with E-state index in [1.807, 2.05) is 7.05 Å². The Bertz CT molecular complexity index is 270. The van der Waals surface area contributed by atoms with Crippen LogP contribution in [0.1, 0.15) is 32.1 Å². The van der Waals surface area contributed by atoms with Crippen LogP contribution in [0.4, 0.5) is 0 Å². The van der Waals surface area contributed by atoms with Gasteiger partial charge in [-0.05, 0) is 38.1 Å². The molecule has 1 aliphatic rings. The van der Waals surface area contributed by atoms with E-state index < -0.39 is 5.97 Å². The highest BCUT2D eigenvalue weighted by Gasteiger charge is 2.24. The van der Waals surface area contributed by atoms with Crippen LogP contribution >= 0.6 is 0 Å². The van der Waals surface area contributed by atoms with Crippen molar-refractivity contribution in [2.45, 2.75) is 32.1 Å². The number of carbonyl (C=O) groups is 1. The second-order valence-corrected chi connectivity index (χ2v) is 4.90. The van der Waals surface area contributed by atoms with Gasteiger partial charge in [-0.15, -0.1) is 6.42 Å². The average Bonchev–Trinajstić information content (AvgIpc) is 2.17. The van der Waals surface area contributed by atoms with Crippen molar-refractivity contribution in [2.24, 2.45) is 11.8 Å². The van der Waals surface area contributed by atoms with E-state index in [0.717, 1.165) is 25.8 Å². The molecule has 16 heavy (non-hydrogen) atoms. The minimum absolute atomic E-state index is 0.329. The van der Waals surface area contributed by atoms with Crippen LogP contribution in [-0.4, -0.2) is 36.1 Å². The molecule has 0 unspecified atom stereocenters. The first-order valence-corrected chi connectivity index (χ1v) is 5.95. The summed E-state index contributed by atoms with van der Waals surface area (Å²) in [6.45, 7) is 1.68. The number of carboxylic acid groups (broad SMARTS) is 1. The highest BCUT2D eigenvalue weighted by Crippen LogP contribution is 2.31. The third kappa shape index (κ3) is 4.67. The molecule has 0 spiro atoms. The Morgan fingerprint density at radius 3 is 2.81 bits per heavy atom. The first-order chi connectivity index (χ1) is 7.61. The Balaban J connectivity index is 2.33. The molecule has 0 aromatic carbocycles. The van der Waals surface area contributed by atoms with Gasteiger partial charge in [0.1, 0.15) is 0 Å². The van der Waals surface area contributed by atoms with Crippen molar-refractivity contribution in [3.8, 4) is 12.3 Å². The van der Waals surface area contributed by atoms with E-state index in [0.29, 0.717) is 24.8 Å². The summed E-state index contributed by atoms with van der Waals surface area (Å²) >= 11 is 0. The molecule has 90 valence electrons. The van der Waals surface area contributed by atoms with E-state index in [2.05, 4.69) is 10.8 Å². The molecule has 0 heterocycles. The lowest BCUT2D eigenvalue weighted by atomic mass is 9.79. The number of rotatable bonds is 5. The minimum atomic E-state index is -0.664. The molecule has 0 radical (unpaired) electrons. The fourth-order valence-corrected chi connectivity index (χ4v) is 2.66. The summed E-state index contributed by atoms with van der Waals surface area (Å²) in [6, 6.07) is 0. The Morgan fingerprint density at radius 2 is 2.19 bits per heavy atom. The number of nitrogens with zero attached hydrogens (tertiary/aromatic N) is 1. The topological polar surface area (TPSA) is 40.5 Å². The van der Waals surface area contributed by atoms with Crippen LogP contribution in [0, 0.1) is 24.2 Å². The van der Waals surface area contributed by atoms with Crippen LogP contribution in [0.25, 0.3) is 0 Å². The van der Waals surface area contributed by atoms with Crippen molar-refractivity contribution < 1.29 is 9.90 Å². The van der Waals surface area contributed by atoms with Crippen LogP contribution in [0.2, 0.25) is 0 Å². The lowest BCUT2D eigenvalue weighted by molar-refractivity contribution is -0.138. The second-order valence-electron chi connectivity index (χ2n) is 4.90. The van der Waals surface area contributed by atoms with Gasteiger partial charge in [-0.25, -0.2) is 0 Å². The zero-order chi connectivity index (χ0) is 12.0. The highest BCUT2D eigenvalue weighted by atomic mass is 16.4. The van der Waals surface area contributed by atoms with Crippen LogP contribution in [-0.2, 0) is 4.79 Å². The van der Waals surface area contributed by atoms with E-state index in [-0.39, 0.29) is 0 Å². The minimum Gasteiger partial charge on any atom is -0.481 e. The van der Waals surface area contributed by atoms with E-state index in [9.17, 15) is 4.79 Å². The van der Waals surface area contributed by atoms with Gasteiger partial charge in [0.2, 0.25) is 0 Å². The summed E-state index contributed by atoms with van der Waals surface area (Å²) in [6.07, 6.45) is 10.1. The fourth-order valence-electron chi connectivity index (χ4n) is 2.66. The van der Waals surface area contributed by atoms with E-state index in [1.54, 1.807) is 0 Å². The molecule has 0 aromatic rings. The standard InChI is InChI=1S/C13H21NO2/c1-3-7-14(2)10-12-6-4-5-11(8-12)9-13(15)16/h1,11-12H,4-10H2,2H3,(H,15,16)/t11-,12-/m1/s1. The summed E-state index contributed by atoms with van der Waals surface area (Å²) < 4.78 is 0. The van der Waals surface area contributed by atoms with Gasteiger partial charge in [-0.1, -0.05) is 12.3 Å². The summed E-state index contributed by atoms with van der Waals surface area (Å²) in [7, 11) is 2.03. The molecule has 1 fully saturated rings. The molecule has 2 atom stereocenters. The summed E-state index contributed by atoms with van der Waals surface area (Å²) in [5.41, 5.74) is 0. The van der Waals surface area contributed by atoms with Gasteiger partial charge in [-0.3, -0.25) is 9.69 Å². The molecule has 0 saturated heterocycles. The van der Waals surface area contributed by atoms with Crippen molar-refractivity contribution in [2.75, 3.05) is 20.1 Å². The van der Waals surface area contributed by atoms with E-state index >= 15 is 0 Å². The number of hydrogen-bond donors (Lipinski definition) is 1. The highest BCUT2D eigenvalue weighted by molar-refractivity contribution is 5.67. The number of hydrogen-bond acceptors (Lipinski definition) is 2. The zero-order valence-electron chi connectivity index (χ0n) is 9.98. The van der Waals surface area contributed by atoms with Crippen LogP contribution in [0.15, 0.2) is 0 Å². The second kappa shape index (κ2) is 6.55. The lowest BCUT2D eigenvalue weighted by Crippen LogP contribution is -2.30. The van der Waals surface area contributed by atoms with Crippen LogP contribution in [0.5, 0.6) is 0 Å². The number of aliphatic carboxylic acids is 1. The molecular formula is C13H21NO2. The van der Waals surface area contributed by atoms with Crippen molar-refractivity contribution in [1.29, 1.82) is 0 Å². The van der Waals surface area contributed by atoms with Gasteiger partial charge >= 0.3 is 5.97 Å². The molecule has 1 N–H and O–H groups in total. The third-order valence-corrected chi connectivity index (χ3v) is 3.29. The van der Waals surface area contributed by atoms with Crippen LogP contribution < -0.4 is 0 Å². The summed E-state index contributed by atoms with van der Waals surface area (Å²) in [4.78, 5) is 12.8. The third-order valence-electron chi connectivity index (χ3n) is 3.29. The Hall–Kier alpha value is -1.01. The van der Waals surface area contributed by atoms with Gasteiger partial charge in [0, 0.05) is 13.0 Å². The zero-order valence-corrected chi connectivity index (χ0v) is 9.98. The Morgan fingerprint density at radius 1 is 1.50 bits per heavy atom. The predicted molar refractivity (Wildman–Crippen MR) is 64.0 cm³/mol. The molecule has 1 aliphatic carbocycles. The van der Waals surface area contributed by atoms with E-state index in [1.165, 1.54) is 6.42 Å². The smallest absolute Gasteiger partial charge is 0.303 e. The van der Waals surface area contributed by atoms with Gasteiger partial charge in [-0.2, -0.15) is 0 Å². The molecule has 3 nitrogen and oxygen atoms in total. The van der Waals surface area contributed by atoms with Gasteiger partial charge in [0.05, 0.1) is 6.54 Å². The normalized spacial score (nSPS) is 25.3. The van der Waals surface area contributed by atoms with Crippen molar-refractivity contribution >= 4 is 5.97 Å². The molecule has 0 aromatic heterocycles. The SMILES string of the molecule is C#CCN(C)C[C@@H]1CCC[C@@H](CC(=O)O)C1. The fraction of sp³-hybridized carbons (Fsp3) is 0.769. The maximum absolute atomic E-state index is 10.7. The predicted octanol–water partition coefficient (Wildman–Crippen LogP) is 1.83. The van der Waals surface area contributed by atoms with Crippen molar-refractivity contribution in [1.82, 2.24) is 4.90 Å². The quantitative estimate of drug-likeness (QED) is 0.723. The first-order valence-electron chi connectivity index (χ1n) is 5.95. The summed E-state index contributed by atoms with van der Waals surface area (Å²) in [5.74, 6) is 2.96. The molecule has 0 bridgehead atoms. The Labute approximate surface area is 97.8 Å². The van der Waals surface area contributed by atoms with Crippen molar-refractivity contribution in [3.63, 3.8) is 0 Å². The van der Waals surface area contributed by atoms with Gasteiger partial charge in [0.15, 0.2) is 0 Å². The molecule has 1 saturated carbocycles. The molecule has 0 amide bonds. The first kappa shape index (κ1) is 13.1. The monoisotopic (exact) mass is 223 g/mol. The van der Waals surface area contributed by atoms with Crippen LogP contribution in [0.3, 0.4) is 0 Å². The molecule has 3 heteroatoms. The average molecular weight is 223 g/mol. The van der Waals surface area contributed by atoms with E-state index in [4.69, 9.17) is 11.5 Å². The number of carboxylic acids is 1. The summed E-state index contributed by atoms with van der Waals surface area (Å²) in [5, 5.41) is 8.78. The lowest BCUT2D eigenvalue weighted by Gasteiger charge is -2.30.